The van der Waals surface area contributed by atoms with Gasteiger partial charge < -0.3 is 10.3 Å². The van der Waals surface area contributed by atoms with Crippen molar-refractivity contribution in [2.45, 2.75) is 31.2 Å². The molecule has 0 aliphatic heterocycles. The molecule has 1 aromatic carbocycles. The van der Waals surface area contributed by atoms with Gasteiger partial charge in [0.2, 0.25) is 0 Å². The molecule has 2 unspecified atom stereocenters. The smallest absolute Gasteiger partial charge is 0.0949 e. The molecule has 1 heterocycles. The third-order valence-corrected chi connectivity index (χ3v) is 4.73. The van der Waals surface area contributed by atoms with Gasteiger partial charge >= 0.3 is 0 Å². The van der Waals surface area contributed by atoms with Gasteiger partial charge in [0.25, 0.3) is 0 Å². The van der Waals surface area contributed by atoms with Gasteiger partial charge in [-0.15, -0.1) is 0 Å². The average molecular weight is 291 g/mol. The van der Waals surface area contributed by atoms with Gasteiger partial charge in [-0.2, -0.15) is 0 Å². The van der Waals surface area contributed by atoms with E-state index in [1.165, 1.54) is 5.56 Å². The maximum Gasteiger partial charge on any atom is 0.0949 e. The number of nitrogens with two attached hydrogens (primary N) is 1. The summed E-state index contributed by atoms with van der Waals surface area (Å²) in [5, 5.41) is 0.0897. The zero-order valence-electron chi connectivity index (χ0n) is 11.9. The Balaban J connectivity index is 2.09. The molecule has 0 aliphatic rings. The van der Waals surface area contributed by atoms with E-state index in [1.54, 1.807) is 18.8 Å². The second-order valence-corrected chi connectivity index (χ2v) is 6.88. The first-order valence-electron chi connectivity index (χ1n) is 6.69. The van der Waals surface area contributed by atoms with Crippen molar-refractivity contribution in [2.24, 2.45) is 5.73 Å². The Bertz CT molecular complexity index is 568. The van der Waals surface area contributed by atoms with Gasteiger partial charge in [-0.1, -0.05) is 30.3 Å². The predicted octanol–water partition coefficient (Wildman–Crippen LogP) is 1.89. The highest BCUT2D eigenvalue weighted by Gasteiger charge is 2.15. The highest BCUT2D eigenvalue weighted by atomic mass is 32.2. The summed E-state index contributed by atoms with van der Waals surface area (Å²) in [5.41, 5.74) is 8.49. The Kier molecular flexibility index (Phi) is 5.09. The van der Waals surface area contributed by atoms with E-state index in [-0.39, 0.29) is 11.3 Å². The molecule has 0 saturated carbocycles. The molecule has 1 aromatic heterocycles. The molecule has 3 atom stereocenters. The number of imidazole rings is 1. The van der Waals surface area contributed by atoms with Crippen LogP contribution in [0, 0.1) is 0 Å². The topological polar surface area (TPSA) is 60.9 Å². The second kappa shape index (κ2) is 6.81. The van der Waals surface area contributed by atoms with Gasteiger partial charge in [0, 0.05) is 35.0 Å². The van der Waals surface area contributed by atoms with Gasteiger partial charge in [-0.3, -0.25) is 4.21 Å². The maximum atomic E-state index is 11.5. The highest BCUT2D eigenvalue weighted by molar-refractivity contribution is 7.84. The SMILES string of the molecule is CC(Cn1cncc1[C@H](N)Cc1ccccc1)S(C)=O. The first-order chi connectivity index (χ1) is 9.58. The van der Waals surface area contributed by atoms with Gasteiger partial charge in [0.1, 0.15) is 0 Å². The first kappa shape index (κ1) is 14.9. The summed E-state index contributed by atoms with van der Waals surface area (Å²) >= 11 is 0. The van der Waals surface area contributed by atoms with Gasteiger partial charge in [0.05, 0.1) is 18.1 Å². The number of benzene rings is 1. The molecule has 0 radical (unpaired) electrons. The Morgan fingerprint density at radius 3 is 2.70 bits per heavy atom. The minimum Gasteiger partial charge on any atom is -0.332 e. The molecule has 2 rings (SSSR count). The molecule has 0 amide bonds. The van der Waals surface area contributed by atoms with Crippen LogP contribution >= 0.6 is 0 Å². The fourth-order valence-corrected chi connectivity index (χ4v) is 2.52. The maximum absolute atomic E-state index is 11.5. The molecule has 108 valence electrons. The summed E-state index contributed by atoms with van der Waals surface area (Å²) in [4.78, 5) is 4.18. The van der Waals surface area contributed by atoms with Crippen molar-refractivity contribution < 1.29 is 4.21 Å². The van der Waals surface area contributed by atoms with E-state index in [2.05, 4.69) is 17.1 Å². The van der Waals surface area contributed by atoms with Crippen molar-refractivity contribution in [1.82, 2.24) is 9.55 Å². The van der Waals surface area contributed by atoms with E-state index in [9.17, 15) is 4.21 Å². The Labute approximate surface area is 122 Å². The summed E-state index contributed by atoms with van der Waals surface area (Å²) < 4.78 is 13.5. The van der Waals surface area contributed by atoms with Crippen LogP contribution in [0.1, 0.15) is 24.2 Å². The Hall–Kier alpha value is -1.46. The highest BCUT2D eigenvalue weighted by Crippen LogP contribution is 2.16. The van der Waals surface area contributed by atoms with E-state index < -0.39 is 10.8 Å². The number of nitrogens with zero attached hydrogens (tertiary/aromatic N) is 2. The summed E-state index contributed by atoms with van der Waals surface area (Å²) in [7, 11) is -0.844. The zero-order chi connectivity index (χ0) is 14.5. The minimum atomic E-state index is -0.844. The molecule has 0 spiro atoms. The lowest BCUT2D eigenvalue weighted by Crippen LogP contribution is -2.22. The second-order valence-electron chi connectivity index (χ2n) is 5.08. The van der Waals surface area contributed by atoms with E-state index in [4.69, 9.17) is 5.73 Å². The fraction of sp³-hybridized carbons (Fsp3) is 0.400. The monoisotopic (exact) mass is 291 g/mol. The van der Waals surface area contributed by atoms with Crippen LogP contribution in [0.3, 0.4) is 0 Å². The molecule has 20 heavy (non-hydrogen) atoms. The number of aromatic nitrogens is 2. The summed E-state index contributed by atoms with van der Waals surface area (Å²) in [6, 6.07) is 10.1. The molecule has 0 fully saturated rings. The number of rotatable bonds is 6. The fourth-order valence-electron chi connectivity index (χ4n) is 2.15. The third-order valence-electron chi connectivity index (χ3n) is 3.44. The lowest BCUT2D eigenvalue weighted by molar-refractivity contribution is 0.586. The molecule has 5 heteroatoms. The van der Waals surface area contributed by atoms with Crippen LogP contribution < -0.4 is 5.73 Å². The average Bonchev–Trinajstić information content (AvgIpc) is 2.88. The van der Waals surface area contributed by atoms with Crippen LogP contribution in [0.5, 0.6) is 0 Å². The molecule has 4 nitrogen and oxygen atoms in total. The van der Waals surface area contributed by atoms with Crippen molar-refractivity contribution in [2.75, 3.05) is 6.26 Å². The van der Waals surface area contributed by atoms with E-state index in [1.807, 2.05) is 29.7 Å². The van der Waals surface area contributed by atoms with E-state index in [0.717, 1.165) is 12.1 Å². The van der Waals surface area contributed by atoms with Crippen LogP contribution in [0.2, 0.25) is 0 Å². The first-order valence-corrected chi connectivity index (χ1v) is 8.32. The van der Waals surface area contributed by atoms with Gasteiger partial charge in [0.15, 0.2) is 0 Å². The van der Waals surface area contributed by atoms with Crippen molar-refractivity contribution in [3.8, 4) is 0 Å². The van der Waals surface area contributed by atoms with Crippen LogP contribution in [0.4, 0.5) is 0 Å². The quantitative estimate of drug-likeness (QED) is 0.884. The van der Waals surface area contributed by atoms with Crippen molar-refractivity contribution in [3.05, 3.63) is 54.1 Å². The summed E-state index contributed by atoms with van der Waals surface area (Å²) in [6.07, 6.45) is 6.07. The molecule has 2 aromatic rings. The lowest BCUT2D eigenvalue weighted by Gasteiger charge is -2.17. The van der Waals surface area contributed by atoms with Crippen LogP contribution in [0.25, 0.3) is 0 Å². The molecule has 0 bridgehead atoms. The molecular weight excluding hydrogens is 270 g/mol. The molecular formula is C15H21N3OS. The zero-order valence-corrected chi connectivity index (χ0v) is 12.7. The third kappa shape index (κ3) is 3.77. The molecule has 0 aliphatic carbocycles. The van der Waals surface area contributed by atoms with Crippen LogP contribution in [-0.4, -0.2) is 25.3 Å². The van der Waals surface area contributed by atoms with Crippen molar-refractivity contribution in [1.29, 1.82) is 0 Å². The van der Waals surface area contributed by atoms with E-state index >= 15 is 0 Å². The predicted molar refractivity (Wildman–Crippen MR) is 82.8 cm³/mol. The van der Waals surface area contributed by atoms with E-state index in [0.29, 0.717) is 6.54 Å². The van der Waals surface area contributed by atoms with Crippen molar-refractivity contribution >= 4 is 10.8 Å². The van der Waals surface area contributed by atoms with Gasteiger partial charge in [-0.05, 0) is 18.9 Å². The summed E-state index contributed by atoms with van der Waals surface area (Å²) in [6.45, 7) is 2.66. The number of hydrogen-bond donors (Lipinski definition) is 1. The Morgan fingerprint density at radius 1 is 1.35 bits per heavy atom. The Morgan fingerprint density at radius 2 is 2.05 bits per heavy atom. The summed E-state index contributed by atoms with van der Waals surface area (Å²) in [5.74, 6) is 0. The van der Waals surface area contributed by atoms with Gasteiger partial charge in [-0.25, -0.2) is 4.98 Å². The lowest BCUT2D eigenvalue weighted by atomic mass is 10.0. The molecule has 0 saturated heterocycles. The number of hydrogen-bond acceptors (Lipinski definition) is 3. The van der Waals surface area contributed by atoms with Crippen LogP contribution in [-0.2, 0) is 23.8 Å². The standard InChI is InChI=1S/C15H21N3OS/c1-12(20(2)19)10-18-11-17-9-15(18)14(16)8-13-6-4-3-5-7-13/h3-7,9,11-12,14H,8,10,16H2,1-2H3/t12?,14-,20?/m1/s1. The van der Waals surface area contributed by atoms with Crippen LogP contribution in [0.15, 0.2) is 42.9 Å². The van der Waals surface area contributed by atoms with Crippen molar-refractivity contribution in [3.63, 3.8) is 0 Å². The normalized spacial score (nSPS) is 15.8. The largest absolute Gasteiger partial charge is 0.332 e. The minimum absolute atomic E-state index is 0.0897. The molecule has 2 N–H and O–H groups in total.